The van der Waals surface area contributed by atoms with Gasteiger partial charge in [0, 0.05) is 0 Å². The molecule has 1 rings (SSSR count). The summed E-state index contributed by atoms with van der Waals surface area (Å²) in [5.41, 5.74) is 0.289. The fourth-order valence-corrected chi connectivity index (χ4v) is 1.87. The molecule has 2 nitrogen and oxygen atoms in total. The summed E-state index contributed by atoms with van der Waals surface area (Å²) in [6, 6.07) is 0. The van der Waals surface area contributed by atoms with Gasteiger partial charge in [0.1, 0.15) is 0 Å². The van der Waals surface area contributed by atoms with Gasteiger partial charge in [-0.05, 0) is 17.3 Å². The van der Waals surface area contributed by atoms with Gasteiger partial charge in [-0.25, -0.2) is 0 Å². The standard InChI is InChI=1S/C11H18O2/c1-11(2)9(5-3-7-12)10(11)6-4-8-13/h3-6,9-10,12-13H,7-8H2,1-2H3/b5-3+,6-4+/t9-,10+. The van der Waals surface area contributed by atoms with E-state index in [1.165, 1.54) is 0 Å². The molecule has 1 aliphatic carbocycles. The number of aliphatic hydroxyl groups is 2. The Balaban J connectivity index is 2.50. The molecule has 0 radical (unpaired) electrons. The van der Waals surface area contributed by atoms with Crippen LogP contribution in [-0.4, -0.2) is 23.4 Å². The number of hydrogen-bond acceptors (Lipinski definition) is 2. The first kappa shape index (κ1) is 10.5. The Morgan fingerprint density at radius 1 is 1.00 bits per heavy atom. The van der Waals surface area contributed by atoms with Crippen LogP contribution < -0.4 is 0 Å². The second-order valence-electron chi connectivity index (χ2n) is 4.09. The first-order valence-corrected chi connectivity index (χ1v) is 4.69. The van der Waals surface area contributed by atoms with Crippen molar-refractivity contribution in [3.8, 4) is 0 Å². The van der Waals surface area contributed by atoms with Crippen LogP contribution in [0.25, 0.3) is 0 Å². The lowest BCUT2D eigenvalue weighted by molar-refractivity contribution is 0.341. The smallest absolute Gasteiger partial charge is 0.0612 e. The summed E-state index contributed by atoms with van der Waals surface area (Å²) in [6.07, 6.45) is 7.71. The number of aliphatic hydroxyl groups excluding tert-OH is 2. The fourth-order valence-electron chi connectivity index (χ4n) is 1.87. The predicted molar refractivity (Wildman–Crippen MR) is 53.2 cm³/mol. The zero-order valence-corrected chi connectivity index (χ0v) is 8.27. The maximum absolute atomic E-state index is 8.63. The van der Waals surface area contributed by atoms with Gasteiger partial charge < -0.3 is 10.2 Å². The summed E-state index contributed by atoms with van der Waals surface area (Å²) in [5, 5.41) is 17.3. The van der Waals surface area contributed by atoms with E-state index in [9.17, 15) is 0 Å². The fraction of sp³-hybridized carbons (Fsp3) is 0.636. The van der Waals surface area contributed by atoms with Crippen LogP contribution in [0.15, 0.2) is 24.3 Å². The van der Waals surface area contributed by atoms with Crippen molar-refractivity contribution in [3.05, 3.63) is 24.3 Å². The molecule has 0 aromatic heterocycles. The second-order valence-corrected chi connectivity index (χ2v) is 4.09. The van der Waals surface area contributed by atoms with Crippen LogP contribution in [-0.2, 0) is 0 Å². The summed E-state index contributed by atoms with van der Waals surface area (Å²) in [7, 11) is 0. The van der Waals surface area contributed by atoms with Gasteiger partial charge in [-0.2, -0.15) is 0 Å². The molecule has 0 heterocycles. The van der Waals surface area contributed by atoms with Crippen LogP contribution in [0.1, 0.15) is 13.8 Å². The molecule has 0 unspecified atom stereocenters. The summed E-state index contributed by atoms with van der Waals surface area (Å²) < 4.78 is 0. The van der Waals surface area contributed by atoms with Gasteiger partial charge in [0.2, 0.25) is 0 Å². The van der Waals surface area contributed by atoms with Crippen molar-refractivity contribution in [2.24, 2.45) is 17.3 Å². The van der Waals surface area contributed by atoms with E-state index < -0.39 is 0 Å². The molecule has 0 amide bonds. The third-order valence-corrected chi connectivity index (χ3v) is 2.89. The molecule has 74 valence electrons. The van der Waals surface area contributed by atoms with Crippen molar-refractivity contribution in [1.82, 2.24) is 0 Å². The molecule has 2 N–H and O–H groups in total. The van der Waals surface area contributed by atoms with Gasteiger partial charge in [0.25, 0.3) is 0 Å². The number of rotatable bonds is 4. The molecule has 13 heavy (non-hydrogen) atoms. The average molecular weight is 182 g/mol. The van der Waals surface area contributed by atoms with Crippen LogP contribution in [0.2, 0.25) is 0 Å². The minimum Gasteiger partial charge on any atom is -0.392 e. The Kier molecular flexibility index (Phi) is 3.28. The van der Waals surface area contributed by atoms with E-state index in [2.05, 4.69) is 26.0 Å². The van der Waals surface area contributed by atoms with Gasteiger partial charge in [-0.15, -0.1) is 0 Å². The van der Waals surface area contributed by atoms with Crippen molar-refractivity contribution in [3.63, 3.8) is 0 Å². The minimum absolute atomic E-state index is 0.114. The topological polar surface area (TPSA) is 40.5 Å². The lowest BCUT2D eigenvalue weighted by atomic mass is 10.1. The van der Waals surface area contributed by atoms with E-state index in [-0.39, 0.29) is 18.6 Å². The molecule has 0 saturated heterocycles. The van der Waals surface area contributed by atoms with Crippen LogP contribution in [0.5, 0.6) is 0 Å². The number of hydrogen-bond donors (Lipinski definition) is 2. The molecule has 0 aliphatic heterocycles. The quantitative estimate of drug-likeness (QED) is 0.644. The molecule has 1 saturated carbocycles. The van der Waals surface area contributed by atoms with Crippen molar-refractivity contribution >= 4 is 0 Å². The maximum Gasteiger partial charge on any atom is 0.0612 e. The van der Waals surface area contributed by atoms with Gasteiger partial charge >= 0.3 is 0 Å². The molecule has 0 spiro atoms. The van der Waals surface area contributed by atoms with Gasteiger partial charge in [0.05, 0.1) is 13.2 Å². The predicted octanol–water partition coefficient (Wildman–Crippen LogP) is 1.36. The zero-order valence-electron chi connectivity index (χ0n) is 8.27. The largest absolute Gasteiger partial charge is 0.392 e. The van der Waals surface area contributed by atoms with E-state index in [1.54, 1.807) is 12.2 Å². The lowest BCUT2D eigenvalue weighted by Gasteiger charge is -1.96. The van der Waals surface area contributed by atoms with Crippen molar-refractivity contribution in [2.45, 2.75) is 13.8 Å². The molecule has 1 aliphatic rings. The summed E-state index contributed by atoms with van der Waals surface area (Å²) in [4.78, 5) is 0. The highest BCUT2D eigenvalue weighted by Crippen LogP contribution is 2.59. The third-order valence-electron chi connectivity index (χ3n) is 2.89. The third kappa shape index (κ3) is 2.20. The molecule has 1 fully saturated rings. The molecular formula is C11H18O2. The van der Waals surface area contributed by atoms with E-state index in [0.717, 1.165) is 0 Å². The highest BCUT2D eigenvalue weighted by atomic mass is 16.3. The van der Waals surface area contributed by atoms with Crippen molar-refractivity contribution in [2.75, 3.05) is 13.2 Å². The highest BCUT2D eigenvalue weighted by molar-refractivity contribution is 5.21. The molecule has 2 heteroatoms. The zero-order chi connectivity index (χ0) is 9.90. The summed E-state index contributed by atoms with van der Waals surface area (Å²) in [5.74, 6) is 1.03. The second kappa shape index (κ2) is 4.07. The normalized spacial score (nSPS) is 31.7. The molecule has 0 aromatic carbocycles. The van der Waals surface area contributed by atoms with Crippen LogP contribution in [0.4, 0.5) is 0 Å². The lowest BCUT2D eigenvalue weighted by Crippen LogP contribution is -1.88. The average Bonchev–Trinajstić information content (AvgIpc) is 2.60. The minimum atomic E-state index is 0.114. The Bertz CT molecular complexity index is 194. The van der Waals surface area contributed by atoms with Crippen LogP contribution in [0.3, 0.4) is 0 Å². The van der Waals surface area contributed by atoms with Gasteiger partial charge in [-0.3, -0.25) is 0 Å². The molecule has 0 aromatic rings. The van der Waals surface area contributed by atoms with E-state index in [1.807, 2.05) is 0 Å². The summed E-state index contributed by atoms with van der Waals surface area (Å²) in [6.45, 7) is 4.63. The Labute approximate surface area is 79.6 Å². The Morgan fingerprint density at radius 3 is 1.69 bits per heavy atom. The summed E-state index contributed by atoms with van der Waals surface area (Å²) >= 11 is 0. The molecule has 0 bridgehead atoms. The molecule has 2 atom stereocenters. The molecular weight excluding hydrogens is 164 g/mol. The van der Waals surface area contributed by atoms with E-state index in [0.29, 0.717) is 11.8 Å². The SMILES string of the molecule is CC1(C)[C@H](/C=C/CO)[C@@H]1/C=C/CO. The van der Waals surface area contributed by atoms with E-state index in [4.69, 9.17) is 10.2 Å². The highest BCUT2D eigenvalue weighted by Gasteiger charge is 2.54. The first-order valence-electron chi connectivity index (χ1n) is 4.69. The first-order chi connectivity index (χ1) is 6.14. The van der Waals surface area contributed by atoms with Gasteiger partial charge in [0.15, 0.2) is 0 Å². The van der Waals surface area contributed by atoms with Crippen molar-refractivity contribution in [1.29, 1.82) is 0 Å². The monoisotopic (exact) mass is 182 g/mol. The van der Waals surface area contributed by atoms with Crippen LogP contribution >= 0.6 is 0 Å². The van der Waals surface area contributed by atoms with Gasteiger partial charge in [-0.1, -0.05) is 38.2 Å². The van der Waals surface area contributed by atoms with E-state index >= 15 is 0 Å². The Morgan fingerprint density at radius 2 is 1.38 bits per heavy atom. The van der Waals surface area contributed by atoms with Crippen LogP contribution in [0, 0.1) is 17.3 Å². The Hall–Kier alpha value is -0.600. The van der Waals surface area contributed by atoms with Crippen molar-refractivity contribution < 1.29 is 10.2 Å². The maximum atomic E-state index is 8.63. The number of allylic oxidation sites excluding steroid dienone is 2.